The van der Waals surface area contributed by atoms with Crippen molar-refractivity contribution in [3.05, 3.63) is 16.4 Å². The summed E-state index contributed by atoms with van der Waals surface area (Å²) in [4.78, 5) is 11.0. The lowest BCUT2D eigenvalue weighted by atomic mass is 10.1. The van der Waals surface area contributed by atoms with Crippen LogP contribution in [0.3, 0.4) is 0 Å². The molecule has 0 unspecified atom stereocenters. The third kappa shape index (κ3) is 2.65. The van der Waals surface area contributed by atoms with E-state index in [2.05, 4.69) is 18.9 Å². The summed E-state index contributed by atoms with van der Waals surface area (Å²) in [6.07, 6.45) is 4.68. The van der Waals surface area contributed by atoms with Crippen molar-refractivity contribution < 1.29 is 0 Å². The van der Waals surface area contributed by atoms with E-state index in [1.807, 2.05) is 0 Å². The minimum Gasteiger partial charge on any atom is -0.384 e. The van der Waals surface area contributed by atoms with Crippen LogP contribution < -0.4 is 11.3 Å². The average Bonchev–Trinajstić information content (AvgIpc) is 2.45. The number of nitrogens with two attached hydrogens (primary N) is 1. The zero-order chi connectivity index (χ0) is 10.6. The van der Waals surface area contributed by atoms with Crippen LogP contribution in [0.5, 0.6) is 0 Å². The van der Waals surface area contributed by atoms with Crippen LogP contribution in [0.4, 0.5) is 5.82 Å². The van der Waals surface area contributed by atoms with Crippen molar-refractivity contribution >= 4 is 5.82 Å². The highest BCUT2D eigenvalue weighted by atomic mass is 16.1. The lowest BCUT2D eigenvalue weighted by Crippen LogP contribution is -2.12. The fourth-order valence-electron chi connectivity index (χ4n) is 1.60. The monoisotopic (exact) mass is 197 g/mol. The third-order valence-corrected chi connectivity index (χ3v) is 2.45. The molecule has 1 aromatic heterocycles. The summed E-state index contributed by atoms with van der Waals surface area (Å²) in [6.45, 7) is 4.25. The second-order valence-electron chi connectivity index (χ2n) is 3.76. The number of nitrogen functional groups attached to an aromatic ring is 1. The molecule has 0 aliphatic carbocycles. The van der Waals surface area contributed by atoms with E-state index in [1.54, 1.807) is 4.68 Å². The van der Waals surface area contributed by atoms with E-state index in [0.717, 1.165) is 6.42 Å². The minimum atomic E-state index is -0.121. The summed E-state index contributed by atoms with van der Waals surface area (Å²) in [5, 5.41) is 2.71. The number of unbranched alkanes of at least 4 members (excludes halogenated alkanes) is 2. The molecule has 4 nitrogen and oxygen atoms in total. The number of rotatable bonds is 5. The van der Waals surface area contributed by atoms with E-state index < -0.39 is 0 Å². The van der Waals surface area contributed by atoms with Crippen LogP contribution in [-0.4, -0.2) is 9.78 Å². The summed E-state index contributed by atoms with van der Waals surface area (Å²) in [5.41, 5.74) is 5.56. The van der Waals surface area contributed by atoms with Crippen LogP contribution >= 0.6 is 0 Å². The molecule has 4 heteroatoms. The molecule has 0 fully saturated rings. The largest absolute Gasteiger partial charge is 0.384 e. The number of anilines is 1. The Morgan fingerprint density at radius 2 is 2.29 bits per heavy atom. The van der Waals surface area contributed by atoms with Crippen LogP contribution in [-0.2, 0) is 0 Å². The van der Waals surface area contributed by atoms with Gasteiger partial charge in [-0.1, -0.05) is 26.2 Å². The summed E-state index contributed by atoms with van der Waals surface area (Å²) in [7, 11) is 0. The molecular weight excluding hydrogens is 178 g/mol. The molecule has 0 saturated heterocycles. The first kappa shape index (κ1) is 10.9. The third-order valence-electron chi connectivity index (χ3n) is 2.45. The summed E-state index contributed by atoms with van der Waals surface area (Å²) in [6, 6.07) is 1.71. The topological polar surface area (TPSA) is 63.8 Å². The van der Waals surface area contributed by atoms with Gasteiger partial charge in [-0.3, -0.25) is 14.6 Å². The molecule has 1 heterocycles. The van der Waals surface area contributed by atoms with Gasteiger partial charge in [-0.15, -0.1) is 0 Å². The Morgan fingerprint density at radius 1 is 1.57 bits per heavy atom. The van der Waals surface area contributed by atoms with Crippen LogP contribution in [0.15, 0.2) is 10.9 Å². The van der Waals surface area contributed by atoms with Gasteiger partial charge in [0.1, 0.15) is 5.82 Å². The van der Waals surface area contributed by atoms with E-state index in [4.69, 9.17) is 5.73 Å². The van der Waals surface area contributed by atoms with Crippen molar-refractivity contribution in [3.8, 4) is 0 Å². The van der Waals surface area contributed by atoms with E-state index in [0.29, 0.717) is 5.82 Å². The molecule has 1 rings (SSSR count). The van der Waals surface area contributed by atoms with E-state index in [1.165, 1.54) is 25.3 Å². The van der Waals surface area contributed by atoms with E-state index in [-0.39, 0.29) is 11.6 Å². The highest BCUT2D eigenvalue weighted by Gasteiger charge is 2.07. The van der Waals surface area contributed by atoms with Gasteiger partial charge in [0.15, 0.2) is 0 Å². The van der Waals surface area contributed by atoms with E-state index in [9.17, 15) is 4.79 Å². The fraction of sp³-hybridized carbons (Fsp3) is 0.700. The Balaban J connectivity index is 2.55. The minimum absolute atomic E-state index is 0.121. The van der Waals surface area contributed by atoms with Crippen LogP contribution in [0.1, 0.15) is 45.6 Å². The van der Waals surface area contributed by atoms with Crippen LogP contribution in [0.2, 0.25) is 0 Å². The first-order chi connectivity index (χ1) is 6.65. The van der Waals surface area contributed by atoms with Crippen molar-refractivity contribution in [2.24, 2.45) is 0 Å². The Bertz CT molecular complexity index is 326. The number of aromatic amines is 1. The number of nitrogens with zero attached hydrogens (tertiary/aromatic N) is 1. The maximum Gasteiger partial charge on any atom is 0.266 e. The second-order valence-corrected chi connectivity index (χ2v) is 3.76. The number of H-pyrrole nitrogens is 1. The summed E-state index contributed by atoms with van der Waals surface area (Å²) < 4.78 is 1.75. The number of hydrogen-bond acceptors (Lipinski definition) is 2. The molecule has 0 amide bonds. The lowest BCUT2D eigenvalue weighted by Gasteiger charge is -2.14. The molecule has 0 aliphatic rings. The van der Waals surface area contributed by atoms with Gasteiger partial charge in [0.2, 0.25) is 0 Å². The van der Waals surface area contributed by atoms with Gasteiger partial charge in [0.05, 0.1) is 0 Å². The van der Waals surface area contributed by atoms with Crippen molar-refractivity contribution in [1.82, 2.24) is 9.78 Å². The number of hydrogen-bond donors (Lipinski definition) is 2. The molecule has 0 aromatic carbocycles. The predicted molar refractivity (Wildman–Crippen MR) is 58.3 cm³/mol. The Morgan fingerprint density at radius 3 is 2.79 bits per heavy atom. The molecule has 0 aliphatic heterocycles. The molecule has 1 aromatic rings. The highest BCUT2D eigenvalue weighted by molar-refractivity contribution is 5.26. The first-order valence-electron chi connectivity index (χ1n) is 5.22. The quantitative estimate of drug-likeness (QED) is 0.708. The van der Waals surface area contributed by atoms with Gasteiger partial charge in [-0.05, 0) is 13.3 Å². The fourth-order valence-corrected chi connectivity index (χ4v) is 1.60. The number of nitrogens with one attached hydrogen (secondary N) is 1. The van der Waals surface area contributed by atoms with Gasteiger partial charge in [-0.25, -0.2) is 0 Å². The van der Waals surface area contributed by atoms with Gasteiger partial charge in [0, 0.05) is 12.1 Å². The molecule has 0 radical (unpaired) electrons. The molecule has 0 bridgehead atoms. The Kier molecular flexibility index (Phi) is 3.80. The molecule has 1 atom stereocenters. The van der Waals surface area contributed by atoms with E-state index >= 15 is 0 Å². The van der Waals surface area contributed by atoms with Crippen molar-refractivity contribution in [2.75, 3.05) is 5.73 Å². The zero-order valence-corrected chi connectivity index (χ0v) is 8.92. The van der Waals surface area contributed by atoms with Gasteiger partial charge in [-0.2, -0.15) is 0 Å². The van der Waals surface area contributed by atoms with Crippen LogP contribution in [0.25, 0.3) is 0 Å². The summed E-state index contributed by atoms with van der Waals surface area (Å²) >= 11 is 0. The van der Waals surface area contributed by atoms with Crippen LogP contribution in [0, 0.1) is 0 Å². The lowest BCUT2D eigenvalue weighted by molar-refractivity contribution is 0.442. The van der Waals surface area contributed by atoms with Gasteiger partial charge < -0.3 is 5.73 Å². The molecule has 0 saturated carbocycles. The standard InChI is InChI=1S/C10H19N3O/c1-3-4-5-6-8(2)13-9(11)7-10(14)12-13/h7-8H,3-6,11H2,1-2H3,(H,12,14)/t8-/m0/s1. The smallest absolute Gasteiger partial charge is 0.266 e. The normalized spacial score (nSPS) is 13.0. The number of aromatic nitrogens is 2. The molecule has 80 valence electrons. The van der Waals surface area contributed by atoms with Crippen molar-refractivity contribution in [2.45, 2.75) is 45.6 Å². The highest BCUT2D eigenvalue weighted by Crippen LogP contribution is 2.16. The maximum absolute atomic E-state index is 11.0. The molecule has 0 spiro atoms. The Hall–Kier alpha value is -1.19. The van der Waals surface area contributed by atoms with Gasteiger partial charge in [0.25, 0.3) is 5.56 Å². The maximum atomic E-state index is 11.0. The zero-order valence-electron chi connectivity index (χ0n) is 8.92. The predicted octanol–water partition coefficient (Wildman–Crippen LogP) is 1.90. The molecule has 3 N–H and O–H groups in total. The van der Waals surface area contributed by atoms with Crippen molar-refractivity contribution in [3.63, 3.8) is 0 Å². The first-order valence-corrected chi connectivity index (χ1v) is 5.22. The second kappa shape index (κ2) is 4.88. The average molecular weight is 197 g/mol. The van der Waals surface area contributed by atoms with Crippen molar-refractivity contribution in [1.29, 1.82) is 0 Å². The molecule has 14 heavy (non-hydrogen) atoms. The van der Waals surface area contributed by atoms with Gasteiger partial charge >= 0.3 is 0 Å². The SMILES string of the molecule is CCCCC[C@H](C)n1[nH]c(=O)cc1N. The Labute approximate surface area is 84.1 Å². The molecular formula is C10H19N3O. The summed E-state index contributed by atoms with van der Waals surface area (Å²) in [5.74, 6) is 0.527.